The maximum absolute atomic E-state index is 12.9. The summed E-state index contributed by atoms with van der Waals surface area (Å²) in [4.78, 5) is 30.7. The van der Waals surface area contributed by atoms with E-state index in [9.17, 15) is 9.59 Å². The van der Waals surface area contributed by atoms with Gasteiger partial charge in [-0.1, -0.05) is 30.3 Å². The van der Waals surface area contributed by atoms with Crippen LogP contribution >= 0.6 is 0 Å². The molecule has 2 amide bonds. The summed E-state index contributed by atoms with van der Waals surface area (Å²) in [5, 5.41) is 3.03. The zero-order chi connectivity index (χ0) is 18.3. The lowest BCUT2D eigenvalue weighted by atomic mass is 9.68. The molecule has 6 heteroatoms. The zero-order valence-corrected chi connectivity index (χ0v) is 15.1. The largest absolute Gasteiger partial charge is 0.438 e. The van der Waals surface area contributed by atoms with Crippen LogP contribution in [0.4, 0.5) is 0 Å². The van der Waals surface area contributed by atoms with Crippen LogP contribution in [0.5, 0.6) is 0 Å². The summed E-state index contributed by atoms with van der Waals surface area (Å²) in [6, 6.07) is 9.80. The van der Waals surface area contributed by atoms with Gasteiger partial charge in [-0.2, -0.15) is 0 Å². The first-order valence-corrected chi connectivity index (χ1v) is 9.07. The van der Waals surface area contributed by atoms with E-state index < -0.39 is 0 Å². The van der Waals surface area contributed by atoms with Gasteiger partial charge in [-0.3, -0.25) is 9.59 Å². The Labute approximate surface area is 152 Å². The summed E-state index contributed by atoms with van der Waals surface area (Å²) in [5.74, 6) is 0.717. The second-order valence-corrected chi connectivity index (χ2v) is 7.70. The molecule has 2 saturated heterocycles. The Bertz CT molecular complexity index is 820. The number of amides is 2. The van der Waals surface area contributed by atoms with Gasteiger partial charge in [0.05, 0.1) is 5.41 Å². The SMILES string of the molecule is CC1(C)C(=O)NC1C1CCN(C(=O)c2ocnc2-c2ccccc2)CC1. The van der Waals surface area contributed by atoms with Crippen molar-refractivity contribution in [2.75, 3.05) is 13.1 Å². The fourth-order valence-corrected chi connectivity index (χ4v) is 4.06. The minimum absolute atomic E-state index is 0.114. The van der Waals surface area contributed by atoms with Crippen molar-refractivity contribution in [2.24, 2.45) is 11.3 Å². The van der Waals surface area contributed by atoms with Gasteiger partial charge in [0, 0.05) is 24.7 Å². The van der Waals surface area contributed by atoms with E-state index >= 15 is 0 Å². The van der Waals surface area contributed by atoms with Gasteiger partial charge >= 0.3 is 0 Å². The highest BCUT2D eigenvalue weighted by atomic mass is 16.3. The van der Waals surface area contributed by atoms with Crippen molar-refractivity contribution in [3.8, 4) is 11.3 Å². The van der Waals surface area contributed by atoms with Gasteiger partial charge in [0.25, 0.3) is 5.91 Å². The van der Waals surface area contributed by atoms with E-state index in [1.165, 1.54) is 6.39 Å². The molecule has 3 heterocycles. The average Bonchev–Trinajstić information content (AvgIpc) is 3.16. The number of aromatic nitrogens is 1. The van der Waals surface area contributed by atoms with Crippen LogP contribution in [0, 0.1) is 11.3 Å². The zero-order valence-electron chi connectivity index (χ0n) is 15.1. The quantitative estimate of drug-likeness (QED) is 0.861. The summed E-state index contributed by atoms with van der Waals surface area (Å²) in [5.41, 5.74) is 1.16. The Balaban J connectivity index is 1.44. The van der Waals surface area contributed by atoms with Gasteiger partial charge < -0.3 is 14.6 Å². The summed E-state index contributed by atoms with van der Waals surface area (Å²) < 4.78 is 5.43. The van der Waals surface area contributed by atoms with Gasteiger partial charge in [0.1, 0.15) is 5.69 Å². The lowest BCUT2D eigenvalue weighted by Crippen LogP contribution is -2.68. The molecule has 26 heavy (non-hydrogen) atoms. The smallest absolute Gasteiger partial charge is 0.291 e. The van der Waals surface area contributed by atoms with Crippen LogP contribution < -0.4 is 5.32 Å². The van der Waals surface area contributed by atoms with Crippen LogP contribution in [-0.4, -0.2) is 40.8 Å². The molecule has 1 N–H and O–H groups in total. The van der Waals surface area contributed by atoms with Crippen LogP contribution in [0.25, 0.3) is 11.3 Å². The van der Waals surface area contributed by atoms with Crippen LogP contribution in [0.1, 0.15) is 37.2 Å². The van der Waals surface area contributed by atoms with Crippen LogP contribution in [0.3, 0.4) is 0 Å². The third-order valence-corrected chi connectivity index (χ3v) is 5.76. The molecule has 4 rings (SSSR count). The number of hydrogen-bond donors (Lipinski definition) is 1. The monoisotopic (exact) mass is 353 g/mol. The average molecular weight is 353 g/mol. The van der Waals surface area contributed by atoms with Gasteiger partial charge in [-0.05, 0) is 32.6 Å². The number of rotatable bonds is 3. The molecule has 136 valence electrons. The van der Waals surface area contributed by atoms with Crippen molar-refractivity contribution in [3.05, 3.63) is 42.5 Å². The molecule has 0 spiro atoms. The number of nitrogens with one attached hydrogen (secondary N) is 1. The molecule has 1 atom stereocenters. The highest BCUT2D eigenvalue weighted by Crippen LogP contribution is 2.38. The van der Waals surface area contributed by atoms with E-state index in [-0.39, 0.29) is 23.3 Å². The third kappa shape index (κ3) is 2.69. The minimum atomic E-state index is -0.303. The first-order valence-electron chi connectivity index (χ1n) is 9.07. The normalized spacial score (nSPS) is 22.6. The summed E-state index contributed by atoms with van der Waals surface area (Å²) in [7, 11) is 0. The number of oxazole rings is 1. The highest BCUT2D eigenvalue weighted by molar-refractivity contribution is 5.97. The Morgan fingerprint density at radius 3 is 2.54 bits per heavy atom. The van der Waals surface area contributed by atoms with Crippen molar-refractivity contribution >= 4 is 11.8 Å². The molecular formula is C20H23N3O3. The van der Waals surface area contributed by atoms with Crippen molar-refractivity contribution < 1.29 is 14.0 Å². The Kier molecular flexibility index (Phi) is 4.05. The van der Waals surface area contributed by atoms with E-state index in [2.05, 4.69) is 10.3 Å². The van der Waals surface area contributed by atoms with Crippen molar-refractivity contribution in [1.82, 2.24) is 15.2 Å². The topological polar surface area (TPSA) is 75.4 Å². The molecule has 2 aliphatic heterocycles. The molecule has 0 bridgehead atoms. The number of hydrogen-bond acceptors (Lipinski definition) is 4. The first-order chi connectivity index (χ1) is 12.5. The molecule has 0 aliphatic carbocycles. The summed E-state index contributed by atoms with van der Waals surface area (Å²) in [6.07, 6.45) is 3.10. The molecule has 2 aliphatic rings. The Morgan fingerprint density at radius 2 is 1.92 bits per heavy atom. The number of benzene rings is 1. The van der Waals surface area contributed by atoms with Gasteiger partial charge in [0.2, 0.25) is 11.7 Å². The lowest BCUT2D eigenvalue weighted by Gasteiger charge is -2.50. The molecule has 1 aromatic heterocycles. The minimum Gasteiger partial charge on any atom is -0.438 e. The van der Waals surface area contributed by atoms with Gasteiger partial charge in [0.15, 0.2) is 6.39 Å². The molecule has 6 nitrogen and oxygen atoms in total. The van der Waals surface area contributed by atoms with Crippen LogP contribution in [-0.2, 0) is 4.79 Å². The Morgan fingerprint density at radius 1 is 1.23 bits per heavy atom. The second-order valence-electron chi connectivity index (χ2n) is 7.70. The number of likely N-dealkylation sites (tertiary alicyclic amines) is 1. The molecule has 1 unspecified atom stereocenters. The lowest BCUT2D eigenvalue weighted by molar-refractivity contribution is -0.146. The van der Waals surface area contributed by atoms with Gasteiger partial charge in [-0.25, -0.2) is 4.98 Å². The predicted octanol–water partition coefficient (Wildman–Crippen LogP) is 2.72. The molecular weight excluding hydrogens is 330 g/mol. The maximum atomic E-state index is 12.9. The molecule has 2 fully saturated rings. The molecule has 2 aromatic rings. The van der Waals surface area contributed by atoms with Crippen molar-refractivity contribution in [2.45, 2.75) is 32.7 Å². The van der Waals surface area contributed by atoms with Gasteiger partial charge in [-0.15, -0.1) is 0 Å². The summed E-state index contributed by atoms with van der Waals surface area (Å²) >= 11 is 0. The first kappa shape index (κ1) is 16.8. The van der Waals surface area contributed by atoms with E-state index in [4.69, 9.17) is 4.42 Å². The number of β-lactam (4-membered cyclic amide) rings is 1. The van der Waals surface area contributed by atoms with E-state index in [1.54, 1.807) is 0 Å². The Hall–Kier alpha value is -2.63. The number of piperidine rings is 1. The van der Waals surface area contributed by atoms with Crippen LogP contribution in [0.15, 0.2) is 41.1 Å². The number of carbonyl (C=O) groups excluding carboxylic acids is 2. The standard InChI is InChI=1S/C20H23N3O3/c1-20(2)17(22-19(20)25)14-8-10-23(11-9-14)18(24)16-15(21-12-26-16)13-6-4-3-5-7-13/h3-7,12,14,17H,8-11H2,1-2H3,(H,22,25). The third-order valence-electron chi connectivity index (χ3n) is 5.76. The van der Waals surface area contributed by atoms with Crippen LogP contribution in [0.2, 0.25) is 0 Å². The van der Waals surface area contributed by atoms with Crippen molar-refractivity contribution in [1.29, 1.82) is 0 Å². The highest BCUT2D eigenvalue weighted by Gasteiger charge is 2.51. The summed E-state index contributed by atoms with van der Waals surface area (Å²) in [6.45, 7) is 5.32. The fraction of sp³-hybridized carbons (Fsp3) is 0.450. The van der Waals surface area contributed by atoms with E-state index in [1.807, 2.05) is 49.1 Å². The molecule has 1 aromatic carbocycles. The van der Waals surface area contributed by atoms with Crippen molar-refractivity contribution in [3.63, 3.8) is 0 Å². The maximum Gasteiger partial charge on any atom is 0.291 e. The predicted molar refractivity (Wildman–Crippen MR) is 96.3 cm³/mol. The molecule has 0 radical (unpaired) electrons. The molecule has 0 saturated carbocycles. The second kappa shape index (κ2) is 6.27. The number of carbonyl (C=O) groups is 2. The fourth-order valence-electron chi connectivity index (χ4n) is 4.06. The van der Waals surface area contributed by atoms with E-state index in [0.29, 0.717) is 30.5 Å². The number of nitrogens with zero attached hydrogens (tertiary/aromatic N) is 2. The van der Waals surface area contributed by atoms with E-state index in [0.717, 1.165) is 18.4 Å².